The number of carbonyl (C=O) groups excluding carboxylic acids is 1. The fourth-order valence-electron chi connectivity index (χ4n) is 2.30. The summed E-state index contributed by atoms with van der Waals surface area (Å²) in [5, 5.41) is 14.8. The maximum atomic E-state index is 11.5. The summed E-state index contributed by atoms with van der Waals surface area (Å²) in [5.41, 5.74) is 3.95. The number of benzene rings is 2. The molecule has 2 rings (SSSR count). The molecule has 2 amide bonds. The summed E-state index contributed by atoms with van der Waals surface area (Å²) in [5.74, 6) is 0. The minimum atomic E-state index is -0.226. The third-order valence-electron chi connectivity index (χ3n) is 3.42. The number of hydrogen-bond donors (Lipinski definition) is 3. The molecule has 0 heterocycles. The predicted molar refractivity (Wildman–Crippen MR) is 83.8 cm³/mol. The molecular weight excluding hydrogens is 264 g/mol. The second-order valence-electron chi connectivity index (χ2n) is 4.89. The molecular formula is C17H20N2O2. The van der Waals surface area contributed by atoms with Gasteiger partial charge in [-0.1, -0.05) is 48.5 Å². The van der Waals surface area contributed by atoms with E-state index in [1.54, 1.807) is 7.05 Å². The van der Waals surface area contributed by atoms with Crippen molar-refractivity contribution in [3.63, 3.8) is 0 Å². The summed E-state index contributed by atoms with van der Waals surface area (Å²) in [6.45, 7) is 1.91. The van der Waals surface area contributed by atoms with E-state index in [9.17, 15) is 9.90 Å². The van der Waals surface area contributed by atoms with Crippen LogP contribution < -0.4 is 10.6 Å². The Labute approximate surface area is 124 Å². The van der Waals surface area contributed by atoms with Crippen molar-refractivity contribution in [2.24, 2.45) is 0 Å². The fourth-order valence-corrected chi connectivity index (χ4v) is 2.30. The number of aliphatic hydroxyl groups excluding tert-OH is 1. The van der Waals surface area contributed by atoms with E-state index in [0.29, 0.717) is 0 Å². The lowest BCUT2D eigenvalue weighted by atomic mass is 9.93. The highest BCUT2D eigenvalue weighted by Crippen LogP contribution is 2.29. The monoisotopic (exact) mass is 284 g/mol. The molecule has 0 aliphatic rings. The lowest BCUT2D eigenvalue weighted by Crippen LogP contribution is -2.34. The van der Waals surface area contributed by atoms with Crippen molar-refractivity contribution in [1.29, 1.82) is 0 Å². The summed E-state index contributed by atoms with van der Waals surface area (Å²) < 4.78 is 0. The van der Waals surface area contributed by atoms with E-state index >= 15 is 0 Å². The van der Waals surface area contributed by atoms with E-state index in [1.807, 2.05) is 55.5 Å². The van der Waals surface area contributed by atoms with E-state index in [1.165, 1.54) is 0 Å². The van der Waals surface area contributed by atoms with Gasteiger partial charge in [0.15, 0.2) is 0 Å². The van der Waals surface area contributed by atoms with Crippen LogP contribution in [0.4, 0.5) is 4.79 Å². The summed E-state index contributed by atoms with van der Waals surface area (Å²) in [7, 11) is 1.59. The second kappa shape index (κ2) is 6.90. The van der Waals surface area contributed by atoms with Gasteiger partial charge in [0, 0.05) is 7.05 Å². The summed E-state index contributed by atoms with van der Waals surface area (Å²) in [4.78, 5) is 11.5. The maximum Gasteiger partial charge on any atom is 0.315 e. The smallest absolute Gasteiger partial charge is 0.315 e. The molecule has 0 aliphatic carbocycles. The first-order valence-electron chi connectivity index (χ1n) is 6.93. The first-order valence-corrected chi connectivity index (χ1v) is 6.93. The standard InChI is InChI=1S/C17H20N2O2/c1-12(19-17(21)18-2)16-10-13(11-20)8-9-15(16)14-6-4-3-5-7-14/h3-10,12,20H,11H2,1-2H3,(H2,18,19,21). The van der Waals surface area contributed by atoms with Gasteiger partial charge < -0.3 is 15.7 Å². The Balaban J connectivity index is 2.43. The van der Waals surface area contributed by atoms with Gasteiger partial charge in [-0.15, -0.1) is 0 Å². The summed E-state index contributed by atoms with van der Waals surface area (Å²) in [6.07, 6.45) is 0. The average molecular weight is 284 g/mol. The zero-order valence-electron chi connectivity index (χ0n) is 12.3. The van der Waals surface area contributed by atoms with Gasteiger partial charge in [-0.2, -0.15) is 0 Å². The zero-order chi connectivity index (χ0) is 15.2. The Bertz CT molecular complexity index is 611. The van der Waals surface area contributed by atoms with Crippen LogP contribution in [0.1, 0.15) is 24.1 Å². The molecule has 0 spiro atoms. The van der Waals surface area contributed by atoms with E-state index < -0.39 is 0 Å². The molecule has 2 aromatic rings. The molecule has 0 aliphatic heterocycles. The number of urea groups is 1. The molecule has 4 heteroatoms. The number of carbonyl (C=O) groups is 1. The van der Waals surface area contributed by atoms with Crippen LogP contribution in [0.15, 0.2) is 48.5 Å². The van der Waals surface area contributed by atoms with Crippen molar-refractivity contribution in [1.82, 2.24) is 10.6 Å². The minimum Gasteiger partial charge on any atom is -0.392 e. The van der Waals surface area contributed by atoms with Gasteiger partial charge in [-0.25, -0.2) is 4.79 Å². The summed E-state index contributed by atoms with van der Waals surface area (Å²) >= 11 is 0. The van der Waals surface area contributed by atoms with Crippen molar-refractivity contribution >= 4 is 6.03 Å². The van der Waals surface area contributed by atoms with Gasteiger partial charge in [0.1, 0.15) is 0 Å². The van der Waals surface area contributed by atoms with Crippen LogP contribution in [-0.2, 0) is 6.61 Å². The van der Waals surface area contributed by atoms with Crippen LogP contribution in [0, 0.1) is 0 Å². The third-order valence-corrected chi connectivity index (χ3v) is 3.42. The minimum absolute atomic E-state index is 0.0191. The van der Waals surface area contributed by atoms with Crippen molar-refractivity contribution in [2.45, 2.75) is 19.6 Å². The van der Waals surface area contributed by atoms with Crippen LogP contribution in [0.5, 0.6) is 0 Å². The first kappa shape index (κ1) is 15.1. The van der Waals surface area contributed by atoms with Gasteiger partial charge in [-0.05, 0) is 29.2 Å². The molecule has 3 N–H and O–H groups in total. The van der Waals surface area contributed by atoms with Crippen LogP contribution >= 0.6 is 0 Å². The van der Waals surface area contributed by atoms with Gasteiger partial charge in [0.05, 0.1) is 12.6 Å². The van der Waals surface area contributed by atoms with Crippen LogP contribution in [0.2, 0.25) is 0 Å². The molecule has 1 atom stereocenters. The van der Waals surface area contributed by atoms with Crippen molar-refractivity contribution < 1.29 is 9.90 Å². The maximum absolute atomic E-state index is 11.5. The van der Waals surface area contributed by atoms with Crippen LogP contribution in [0.25, 0.3) is 11.1 Å². The Kier molecular flexibility index (Phi) is 4.95. The molecule has 2 aromatic carbocycles. The molecule has 21 heavy (non-hydrogen) atoms. The Morgan fingerprint density at radius 2 is 1.90 bits per heavy atom. The molecule has 0 fully saturated rings. The molecule has 0 saturated carbocycles. The predicted octanol–water partition coefficient (Wildman–Crippen LogP) is 2.84. The number of nitrogens with one attached hydrogen (secondary N) is 2. The third kappa shape index (κ3) is 3.61. The van der Waals surface area contributed by atoms with Gasteiger partial charge in [-0.3, -0.25) is 0 Å². The molecule has 0 bridgehead atoms. The average Bonchev–Trinajstić information content (AvgIpc) is 2.54. The molecule has 4 nitrogen and oxygen atoms in total. The Morgan fingerprint density at radius 1 is 1.19 bits per heavy atom. The van der Waals surface area contributed by atoms with Crippen molar-refractivity contribution in [3.05, 3.63) is 59.7 Å². The van der Waals surface area contributed by atoms with Gasteiger partial charge in [0.25, 0.3) is 0 Å². The fraction of sp³-hybridized carbons (Fsp3) is 0.235. The second-order valence-corrected chi connectivity index (χ2v) is 4.89. The first-order chi connectivity index (χ1) is 10.2. The van der Waals surface area contributed by atoms with E-state index in [-0.39, 0.29) is 18.7 Å². The molecule has 0 saturated heterocycles. The van der Waals surface area contributed by atoms with E-state index in [0.717, 1.165) is 22.3 Å². The highest BCUT2D eigenvalue weighted by atomic mass is 16.3. The normalized spacial score (nSPS) is 11.8. The molecule has 1 unspecified atom stereocenters. The quantitative estimate of drug-likeness (QED) is 0.808. The molecule has 0 radical (unpaired) electrons. The highest BCUT2D eigenvalue weighted by molar-refractivity contribution is 5.75. The largest absolute Gasteiger partial charge is 0.392 e. The Morgan fingerprint density at radius 3 is 2.52 bits per heavy atom. The number of rotatable bonds is 4. The van der Waals surface area contributed by atoms with E-state index in [2.05, 4.69) is 10.6 Å². The zero-order valence-corrected chi connectivity index (χ0v) is 12.3. The van der Waals surface area contributed by atoms with Crippen molar-refractivity contribution in [2.75, 3.05) is 7.05 Å². The number of amides is 2. The lowest BCUT2D eigenvalue weighted by molar-refractivity contribution is 0.240. The lowest BCUT2D eigenvalue weighted by Gasteiger charge is -2.19. The molecule has 0 aromatic heterocycles. The van der Waals surface area contributed by atoms with Crippen LogP contribution in [0.3, 0.4) is 0 Å². The number of aliphatic hydroxyl groups is 1. The SMILES string of the molecule is CNC(=O)NC(C)c1cc(CO)ccc1-c1ccccc1. The number of hydrogen-bond acceptors (Lipinski definition) is 2. The topological polar surface area (TPSA) is 61.4 Å². The van der Waals surface area contributed by atoms with E-state index in [4.69, 9.17) is 0 Å². The van der Waals surface area contributed by atoms with Gasteiger partial charge >= 0.3 is 6.03 Å². The summed E-state index contributed by atoms with van der Waals surface area (Å²) in [6, 6.07) is 15.4. The molecule has 110 valence electrons. The van der Waals surface area contributed by atoms with Crippen molar-refractivity contribution in [3.8, 4) is 11.1 Å². The highest BCUT2D eigenvalue weighted by Gasteiger charge is 2.14. The van der Waals surface area contributed by atoms with Gasteiger partial charge in [0.2, 0.25) is 0 Å². The van der Waals surface area contributed by atoms with Crippen LogP contribution in [-0.4, -0.2) is 18.2 Å². The Hall–Kier alpha value is -2.33.